The number of anilines is 1. The Morgan fingerprint density at radius 2 is 1.76 bits per heavy atom. The molecule has 0 saturated heterocycles. The highest BCUT2D eigenvalue weighted by molar-refractivity contribution is 7.13. The summed E-state index contributed by atoms with van der Waals surface area (Å²) in [5.41, 5.74) is 0.744. The van der Waals surface area contributed by atoms with E-state index in [2.05, 4.69) is 15.4 Å². The molecule has 0 radical (unpaired) electrons. The number of benzene rings is 1. The number of carbonyl (C=O) groups excluding carboxylic acids is 1. The Hall–Kier alpha value is -3.46. The predicted molar refractivity (Wildman–Crippen MR) is 104 cm³/mol. The zero-order valence-electron chi connectivity index (χ0n) is 14.7. The van der Waals surface area contributed by atoms with Crippen molar-refractivity contribution in [3.63, 3.8) is 0 Å². The van der Waals surface area contributed by atoms with Crippen LogP contribution in [0, 0.1) is 0 Å². The van der Waals surface area contributed by atoms with Crippen LogP contribution in [0.1, 0.15) is 16.1 Å². The number of pyridine rings is 1. The van der Waals surface area contributed by atoms with E-state index in [1.807, 2.05) is 0 Å². The molecule has 146 valence electrons. The van der Waals surface area contributed by atoms with Crippen LogP contribution in [-0.2, 0) is 6.18 Å². The molecule has 9 heteroatoms. The van der Waals surface area contributed by atoms with E-state index in [0.29, 0.717) is 27.5 Å². The molecule has 0 fully saturated rings. The van der Waals surface area contributed by atoms with Crippen molar-refractivity contribution in [2.75, 3.05) is 5.32 Å². The average molecular weight is 414 g/mol. The molecular weight excluding hydrogens is 401 g/mol. The first-order valence-electron chi connectivity index (χ1n) is 8.45. The van der Waals surface area contributed by atoms with Crippen LogP contribution in [-0.4, -0.2) is 20.7 Å². The molecule has 0 unspecified atom stereocenters. The van der Waals surface area contributed by atoms with Gasteiger partial charge in [-0.3, -0.25) is 9.78 Å². The van der Waals surface area contributed by atoms with Gasteiger partial charge in [0.15, 0.2) is 5.69 Å². The summed E-state index contributed by atoms with van der Waals surface area (Å²) >= 11 is 1.32. The molecule has 0 spiro atoms. The quantitative estimate of drug-likeness (QED) is 0.495. The molecule has 0 aliphatic carbocycles. The lowest BCUT2D eigenvalue weighted by Crippen LogP contribution is -2.12. The van der Waals surface area contributed by atoms with E-state index in [4.69, 9.17) is 0 Å². The maximum atomic E-state index is 13.2. The third-order valence-corrected chi connectivity index (χ3v) is 4.98. The summed E-state index contributed by atoms with van der Waals surface area (Å²) in [5.74, 6) is -0.335. The van der Waals surface area contributed by atoms with Gasteiger partial charge in [0, 0.05) is 23.6 Å². The lowest BCUT2D eigenvalue weighted by atomic mass is 10.2. The summed E-state index contributed by atoms with van der Waals surface area (Å²) < 4.78 is 40.8. The molecule has 3 heterocycles. The van der Waals surface area contributed by atoms with Crippen LogP contribution in [0.15, 0.2) is 72.4 Å². The van der Waals surface area contributed by atoms with Crippen molar-refractivity contribution in [2.24, 2.45) is 0 Å². The van der Waals surface area contributed by atoms with Crippen molar-refractivity contribution in [3.8, 4) is 16.3 Å². The van der Waals surface area contributed by atoms with Gasteiger partial charge in [0.2, 0.25) is 0 Å². The Bertz CT molecular complexity index is 1120. The predicted octanol–water partition coefficient (Wildman–Crippen LogP) is 5.27. The smallest absolute Gasteiger partial charge is 0.322 e. The molecule has 3 aromatic heterocycles. The Labute approximate surface area is 167 Å². The Kier molecular flexibility index (Phi) is 4.89. The average Bonchev–Trinajstić information content (AvgIpc) is 3.38. The van der Waals surface area contributed by atoms with Gasteiger partial charge in [0.1, 0.15) is 0 Å². The summed E-state index contributed by atoms with van der Waals surface area (Å²) in [6.45, 7) is 0. The molecule has 4 rings (SSSR count). The molecule has 1 amide bonds. The third kappa shape index (κ3) is 4.04. The second kappa shape index (κ2) is 7.51. The number of hydrogen-bond acceptors (Lipinski definition) is 4. The van der Waals surface area contributed by atoms with Crippen molar-refractivity contribution in [2.45, 2.75) is 6.18 Å². The number of aromatic nitrogens is 3. The minimum absolute atomic E-state index is 0.335. The SMILES string of the molecule is O=C(Nc1ccncc1)c1ccc(-n2nc(C(F)(F)F)cc2-c2cccs2)cc1. The number of amides is 1. The standard InChI is InChI=1S/C20H13F3N4OS/c21-20(22,23)18-12-16(17-2-1-11-29-17)27(26-18)15-5-3-13(4-6-15)19(28)25-14-7-9-24-10-8-14/h1-12H,(H,24,25,28). The summed E-state index contributed by atoms with van der Waals surface area (Å²) in [7, 11) is 0. The van der Waals surface area contributed by atoms with Gasteiger partial charge in [0.05, 0.1) is 16.3 Å². The van der Waals surface area contributed by atoms with Gasteiger partial charge in [-0.15, -0.1) is 11.3 Å². The zero-order valence-corrected chi connectivity index (χ0v) is 15.5. The zero-order chi connectivity index (χ0) is 20.4. The summed E-state index contributed by atoms with van der Waals surface area (Å²) in [6, 6.07) is 14.0. The highest BCUT2D eigenvalue weighted by atomic mass is 32.1. The number of nitrogens with zero attached hydrogens (tertiary/aromatic N) is 3. The second-order valence-corrected chi connectivity index (χ2v) is 6.99. The lowest BCUT2D eigenvalue weighted by molar-refractivity contribution is -0.141. The Morgan fingerprint density at radius 1 is 1.03 bits per heavy atom. The molecule has 1 N–H and O–H groups in total. The van der Waals surface area contributed by atoms with Gasteiger partial charge in [-0.2, -0.15) is 18.3 Å². The van der Waals surface area contributed by atoms with Crippen LogP contribution < -0.4 is 5.32 Å². The number of rotatable bonds is 4. The van der Waals surface area contributed by atoms with Gasteiger partial charge in [-0.1, -0.05) is 6.07 Å². The first-order valence-corrected chi connectivity index (χ1v) is 9.33. The Balaban J connectivity index is 1.65. The van der Waals surface area contributed by atoms with Crippen LogP contribution in [0.3, 0.4) is 0 Å². The fourth-order valence-electron chi connectivity index (χ4n) is 2.71. The van der Waals surface area contributed by atoms with Crippen LogP contribution in [0.4, 0.5) is 18.9 Å². The van der Waals surface area contributed by atoms with E-state index in [1.165, 1.54) is 16.0 Å². The molecule has 0 atom stereocenters. The number of thiophene rings is 1. The van der Waals surface area contributed by atoms with Gasteiger partial charge >= 0.3 is 6.18 Å². The maximum Gasteiger partial charge on any atom is 0.435 e. The minimum atomic E-state index is -4.55. The lowest BCUT2D eigenvalue weighted by Gasteiger charge is -2.08. The van der Waals surface area contributed by atoms with Crippen LogP contribution >= 0.6 is 11.3 Å². The van der Waals surface area contributed by atoms with Crippen molar-refractivity contribution in [1.82, 2.24) is 14.8 Å². The van der Waals surface area contributed by atoms with E-state index in [9.17, 15) is 18.0 Å². The summed E-state index contributed by atoms with van der Waals surface area (Å²) in [4.78, 5) is 16.9. The molecule has 4 aromatic rings. The largest absolute Gasteiger partial charge is 0.435 e. The van der Waals surface area contributed by atoms with Crippen LogP contribution in [0.2, 0.25) is 0 Å². The molecule has 0 saturated carbocycles. The summed E-state index contributed by atoms with van der Waals surface area (Å²) in [6.07, 6.45) is -1.44. The minimum Gasteiger partial charge on any atom is -0.322 e. The maximum absolute atomic E-state index is 13.2. The molecule has 5 nitrogen and oxygen atoms in total. The van der Waals surface area contributed by atoms with E-state index in [-0.39, 0.29) is 5.91 Å². The van der Waals surface area contributed by atoms with Gasteiger partial charge in [0.25, 0.3) is 5.91 Å². The van der Waals surface area contributed by atoms with E-state index < -0.39 is 11.9 Å². The summed E-state index contributed by atoms with van der Waals surface area (Å²) in [5, 5.41) is 8.25. The highest BCUT2D eigenvalue weighted by Gasteiger charge is 2.35. The third-order valence-electron chi connectivity index (χ3n) is 4.09. The number of nitrogens with one attached hydrogen (secondary N) is 1. The van der Waals surface area contributed by atoms with Crippen LogP contribution in [0.5, 0.6) is 0 Å². The number of halogens is 3. The molecule has 0 aliphatic heterocycles. The van der Waals surface area contributed by atoms with Gasteiger partial charge in [-0.25, -0.2) is 4.68 Å². The number of hydrogen-bond donors (Lipinski definition) is 1. The first kappa shape index (κ1) is 18.9. The van der Waals surface area contributed by atoms with Gasteiger partial charge < -0.3 is 5.32 Å². The van der Waals surface area contributed by atoms with Gasteiger partial charge in [-0.05, 0) is 53.9 Å². The Morgan fingerprint density at radius 3 is 2.38 bits per heavy atom. The first-order chi connectivity index (χ1) is 13.9. The van der Waals surface area contributed by atoms with Crippen molar-refractivity contribution in [3.05, 3.63) is 83.6 Å². The van der Waals surface area contributed by atoms with Crippen molar-refractivity contribution in [1.29, 1.82) is 0 Å². The van der Waals surface area contributed by atoms with E-state index >= 15 is 0 Å². The fourth-order valence-corrected chi connectivity index (χ4v) is 3.44. The van der Waals surface area contributed by atoms with E-state index in [1.54, 1.807) is 66.3 Å². The molecule has 1 aromatic carbocycles. The monoisotopic (exact) mass is 414 g/mol. The molecule has 0 bridgehead atoms. The fraction of sp³-hybridized carbons (Fsp3) is 0.0500. The van der Waals surface area contributed by atoms with Crippen molar-refractivity contribution < 1.29 is 18.0 Å². The number of carbonyl (C=O) groups is 1. The van der Waals surface area contributed by atoms with Crippen molar-refractivity contribution >= 4 is 22.9 Å². The van der Waals surface area contributed by atoms with E-state index in [0.717, 1.165) is 6.07 Å². The number of alkyl halides is 3. The normalized spacial score (nSPS) is 11.4. The molecule has 29 heavy (non-hydrogen) atoms. The second-order valence-electron chi connectivity index (χ2n) is 6.04. The highest BCUT2D eigenvalue weighted by Crippen LogP contribution is 2.34. The van der Waals surface area contributed by atoms with Crippen LogP contribution in [0.25, 0.3) is 16.3 Å². The molecular formula is C20H13F3N4OS. The topological polar surface area (TPSA) is 59.8 Å². The molecule has 0 aliphatic rings.